The third-order valence-electron chi connectivity index (χ3n) is 6.17. The molecule has 1 nitrogen and oxygen atoms in total. The molecule has 2 aromatic rings. The molecular weight excluding hydrogens is 280 g/mol. The van der Waals surface area contributed by atoms with Crippen LogP contribution in [0, 0.1) is 0 Å². The first-order chi connectivity index (χ1) is 11.3. The van der Waals surface area contributed by atoms with Gasteiger partial charge in [-0.3, -0.25) is 0 Å². The molecule has 122 valence electrons. The third kappa shape index (κ3) is 2.86. The summed E-state index contributed by atoms with van der Waals surface area (Å²) in [5.74, 6) is 1.82. The topological polar surface area (TPSA) is 20.2 Å². The zero-order chi connectivity index (χ0) is 15.6. The molecular formula is C22H28O. The minimum Gasteiger partial charge on any atom is -0.507 e. The Labute approximate surface area is 139 Å². The fourth-order valence-electron chi connectivity index (χ4n) is 4.89. The van der Waals surface area contributed by atoms with Crippen molar-refractivity contribution in [3.63, 3.8) is 0 Å². The second kappa shape index (κ2) is 6.55. The van der Waals surface area contributed by atoms with Crippen molar-refractivity contribution < 1.29 is 5.11 Å². The summed E-state index contributed by atoms with van der Waals surface area (Å²) in [7, 11) is 0. The standard InChI is InChI=1S/C22H28O/c23-22-19-14-8-7-13-18(19)20(16-9-3-1-4-10-16)15-21(22)17-11-5-2-6-12-17/h7-8,13-17,23H,1-6,9-12H2. The normalized spacial score (nSPS) is 20.9. The fourth-order valence-corrected chi connectivity index (χ4v) is 4.89. The summed E-state index contributed by atoms with van der Waals surface area (Å²) in [6.45, 7) is 0. The van der Waals surface area contributed by atoms with Gasteiger partial charge in [0.05, 0.1) is 0 Å². The Morgan fingerprint density at radius 2 is 1.17 bits per heavy atom. The Kier molecular flexibility index (Phi) is 4.29. The van der Waals surface area contributed by atoms with Crippen LogP contribution in [0.15, 0.2) is 30.3 Å². The maximum atomic E-state index is 10.9. The number of rotatable bonds is 2. The SMILES string of the molecule is Oc1c(C2CCCCC2)cc(C2CCCCC2)c2ccccc12. The van der Waals surface area contributed by atoms with Gasteiger partial charge in [-0.25, -0.2) is 0 Å². The van der Waals surface area contributed by atoms with Gasteiger partial charge in [-0.15, -0.1) is 0 Å². The second-order valence-electron chi connectivity index (χ2n) is 7.62. The molecule has 0 spiro atoms. The largest absolute Gasteiger partial charge is 0.507 e. The van der Waals surface area contributed by atoms with E-state index in [9.17, 15) is 5.11 Å². The van der Waals surface area contributed by atoms with Crippen LogP contribution < -0.4 is 0 Å². The van der Waals surface area contributed by atoms with Gasteiger partial charge in [-0.05, 0) is 54.0 Å². The number of benzene rings is 2. The Balaban J connectivity index is 1.84. The summed E-state index contributed by atoms with van der Waals surface area (Å²) >= 11 is 0. The number of fused-ring (bicyclic) bond motifs is 1. The van der Waals surface area contributed by atoms with Gasteiger partial charge in [0.2, 0.25) is 0 Å². The Hall–Kier alpha value is -1.50. The summed E-state index contributed by atoms with van der Waals surface area (Å²) in [5.41, 5.74) is 2.75. The van der Waals surface area contributed by atoms with Crippen molar-refractivity contribution in [2.75, 3.05) is 0 Å². The van der Waals surface area contributed by atoms with E-state index in [1.807, 2.05) is 0 Å². The van der Waals surface area contributed by atoms with Crippen LogP contribution in [0.4, 0.5) is 0 Å². The maximum absolute atomic E-state index is 10.9. The molecule has 0 atom stereocenters. The quantitative estimate of drug-likeness (QED) is 0.659. The smallest absolute Gasteiger partial charge is 0.126 e. The average molecular weight is 308 g/mol. The molecule has 2 fully saturated rings. The van der Waals surface area contributed by atoms with Gasteiger partial charge in [0.15, 0.2) is 0 Å². The fraction of sp³-hybridized carbons (Fsp3) is 0.545. The van der Waals surface area contributed by atoms with Gasteiger partial charge in [-0.2, -0.15) is 0 Å². The summed E-state index contributed by atoms with van der Waals surface area (Å²) in [5, 5.41) is 13.3. The third-order valence-corrected chi connectivity index (χ3v) is 6.17. The molecule has 0 amide bonds. The predicted molar refractivity (Wildman–Crippen MR) is 97.3 cm³/mol. The molecule has 1 heteroatoms. The van der Waals surface area contributed by atoms with Gasteiger partial charge in [0, 0.05) is 5.39 Å². The zero-order valence-electron chi connectivity index (χ0n) is 14.1. The van der Waals surface area contributed by atoms with Crippen LogP contribution in [0.25, 0.3) is 10.8 Å². The highest BCUT2D eigenvalue weighted by Crippen LogP contribution is 2.45. The van der Waals surface area contributed by atoms with Crippen LogP contribution in [0.1, 0.15) is 87.2 Å². The summed E-state index contributed by atoms with van der Waals surface area (Å²) in [4.78, 5) is 0. The Morgan fingerprint density at radius 1 is 0.652 bits per heavy atom. The van der Waals surface area contributed by atoms with Crippen LogP contribution in [0.5, 0.6) is 5.75 Å². The molecule has 0 bridgehead atoms. The van der Waals surface area contributed by atoms with Crippen molar-refractivity contribution in [1.82, 2.24) is 0 Å². The van der Waals surface area contributed by atoms with Crippen LogP contribution in [0.2, 0.25) is 0 Å². The van der Waals surface area contributed by atoms with E-state index in [0.717, 1.165) is 5.39 Å². The molecule has 2 aliphatic carbocycles. The van der Waals surface area contributed by atoms with Crippen molar-refractivity contribution in [2.24, 2.45) is 0 Å². The van der Waals surface area contributed by atoms with Crippen molar-refractivity contribution in [3.05, 3.63) is 41.5 Å². The van der Waals surface area contributed by atoms with Gasteiger partial charge in [-0.1, -0.05) is 68.9 Å². The molecule has 2 aliphatic rings. The molecule has 0 aliphatic heterocycles. The van der Waals surface area contributed by atoms with E-state index in [1.54, 1.807) is 0 Å². The van der Waals surface area contributed by atoms with Gasteiger partial charge >= 0.3 is 0 Å². The van der Waals surface area contributed by atoms with Crippen molar-refractivity contribution in [1.29, 1.82) is 0 Å². The predicted octanol–water partition coefficient (Wildman–Crippen LogP) is 6.64. The van der Waals surface area contributed by atoms with Crippen LogP contribution in [0.3, 0.4) is 0 Å². The highest BCUT2D eigenvalue weighted by Gasteiger charge is 2.24. The molecule has 23 heavy (non-hydrogen) atoms. The highest BCUT2D eigenvalue weighted by atomic mass is 16.3. The lowest BCUT2D eigenvalue weighted by Crippen LogP contribution is -2.09. The molecule has 2 saturated carbocycles. The number of aromatic hydroxyl groups is 1. The van der Waals surface area contributed by atoms with E-state index in [2.05, 4.69) is 30.3 Å². The van der Waals surface area contributed by atoms with Crippen molar-refractivity contribution >= 4 is 10.8 Å². The zero-order valence-corrected chi connectivity index (χ0v) is 14.1. The summed E-state index contributed by atoms with van der Waals surface area (Å²) in [6.07, 6.45) is 13.2. The van der Waals surface area contributed by atoms with Crippen LogP contribution >= 0.6 is 0 Å². The maximum Gasteiger partial charge on any atom is 0.126 e. The van der Waals surface area contributed by atoms with E-state index >= 15 is 0 Å². The van der Waals surface area contributed by atoms with E-state index in [1.165, 1.54) is 80.7 Å². The molecule has 2 aromatic carbocycles. The highest BCUT2D eigenvalue weighted by molar-refractivity contribution is 5.92. The Bertz CT molecular complexity index is 676. The summed E-state index contributed by atoms with van der Waals surface area (Å²) in [6, 6.07) is 10.9. The minimum absolute atomic E-state index is 0.562. The van der Waals surface area contributed by atoms with E-state index in [0.29, 0.717) is 17.6 Å². The van der Waals surface area contributed by atoms with Gasteiger partial charge in [0.25, 0.3) is 0 Å². The Morgan fingerprint density at radius 3 is 1.78 bits per heavy atom. The van der Waals surface area contributed by atoms with Crippen molar-refractivity contribution in [3.8, 4) is 5.75 Å². The molecule has 0 radical (unpaired) electrons. The lowest BCUT2D eigenvalue weighted by Gasteiger charge is -2.28. The number of phenols is 1. The molecule has 4 rings (SSSR count). The molecule has 0 heterocycles. The minimum atomic E-state index is 0.562. The average Bonchev–Trinajstić information content (AvgIpc) is 2.64. The first-order valence-corrected chi connectivity index (χ1v) is 9.59. The van der Waals surface area contributed by atoms with E-state index < -0.39 is 0 Å². The lowest BCUT2D eigenvalue weighted by atomic mass is 9.77. The van der Waals surface area contributed by atoms with Crippen molar-refractivity contribution in [2.45, 2.75) is 76.0 Å². The first kappa shape index (κ1) is 15.1. The van der Waals surface area contributed by atoms with Gasteiger partial charge in [0.1, 0.15) is 5.75 Å². The van der Waals surface area contributed by atoms with Gasteiger partial charge < -0.3 is 5.11 Å². The molecule has 0 aromatic heterocycles. The first-order valence-electron chi connectivity index (χ1n) is 9.59. The number of hydrogen-bond acceptors (Lipinski definition) is 1. The molecule has 0 saturated heterocycles. The second-order valence-corrected chi connectivity index (χ2v) is 7.62. The molecule has 1 N–H and O–H groups in total. The lowest BCUT2D eigenvalue weighted by molar-refractivity contribution is 0.414. The van der Waals surface area contributed by atoms with E-state index in [-0.39, 0.29) is 0 Å². The van der Waals surface area contributed by atoms with Crippen LogP contribution in [-0.2, 0) is 0 Å². The number of phenolic OH excluding ortho intramolecular Hbond substituents is 1. The molecule has 0 unspecified atom stereocenters. The number of hydrogen-bond donors (Lipinski definition) is 1. The summed E-state index contributed by atoms with van der Waals surface area (Å²) < 4.78 is 0. The van der Waals surface area contributed by atoms with E-state index in [4.69, 9.17) is 0 Å². The van der Waals surface area contributed by atoms with Crippen LogP contribution in [-0.4, -0.2) is 5.11 Å². The monoisotopic (exact) mass is 308 g/mol.